The van der Waals surface area contributed by atoms with Crippen molar-refractivity contribution in [2.24, 2.45) is 0 Å². The summed E-state index contributed by atoms with van der Waals surface area (Å²) in [5, 5.41) is 1.87. The number of ether oxygens (including phenoxy) is 2. The van der Waals surface area contributed by atoms with Gasteiger partial charge in [-0.25, -0.2) is 0 Å². The van der Waals surface area contributed by atoms with Gasteiger partial charge in [-0.05, 0) is 69.7 Å². The summed E-state index contributed by atoms with van der Waals surface area (Å²) >= 11 is 16.4. The van der Waals surface area contributed by atoms with Crippen LogP contribution >= 0.6 is 39.1 Å². The number of carbonyl (C=O) groups is 1. The Kier molecular flexibility index (Phi) is 6.58. The van der Waals surface area contributed by atoms with Crippen LogP contribution in [0.2, 0.25) is 10.0 Å². The second kappa shape index (κ2) is 8.76. The Morgan fingerprint density at radius 2 is 1.86 bits per heavy atom. The second-order valence-electron chi connectivity index (χ2n) is 6.78. The van der Waals surface area contributed by atoms with Crippen LogP contribution in [0.1, 0.15) is 37.3 Å². The summed E-state index contributed by atoms with van der Waals surface area (Å²) in [5.41, 5.74) is 3.06. The van der Waals surface area contributed by atoms with Crippen molar-refractivity contribution in [1.82, 2.24) is 4.98 Å². The van der Waals surface area contributed by atoms with E-state index in [2.05, 4.69) is 39.5 Å². The van der Waals surface area contributed by atoms with Gasteiger partial charge in [0.1, 0.15) is 5.75 Å². The number of benzene rings is 2. The van der Waals surface area contributed by atoms with E-state index in [9.17, 15) is 4.79 Å². The highest BCUT2D eigenvalue weighted by atomic mass is 79.9. The Morgan fingerprint density at radius 3 is 2.46 bits per heavy atom. The first-order chi connectivity index (χ1) is 13.3. The maximum Gasteiger partial charge on any atom is 0.305 e. The molecule has 3 rings (SSSR count). The van der Waals surface area contributed by atoms with Crippen molar-refractivity contribution < 1.29 is 14.3 Å². The molecule has 148 valence electrons. The summed E-state index contributed by atoms with van der Waals surface area (Å²) in [6, 6.07) is 9.33. The molecule has 0 aliphatic heterocycles. The first-order valence-corrected chi connectivity index (χ1v) is 10.4. The molecule has 0 fully saturated rings. The van der Waals surface area contributed by atoms with Crippen LogP contribution < -0.4 is 4.74 Å². The van der Waals surface area contributed by atoms with E-state index in [4.69, 9.17) is 27.9 Å². The summed E-state index contributed by atoms with van der Waals surface area (Å²) in [6.45, 7) is 4.28. The van der Waals surface area contributed by atoms with Crippen molar-refractivity contribution in [2.75, 3.05) is 7.11 Å². The minimum atomic E-state index is -0.278. The van der Waals surface area contributed by atoms with E-state index in [-0.39, 0.29) is 12.4 Å². The van der Waals surface area contributed by atoms with Gasteiger partial charge in [-0.15, -0.1) is 0 Å². The van der Waals surface area contributed by atoms with Gasteiger partial charge in [0.2, 0.25) is 0 Å². The molecule has 0 saturated carbocycles. The minimum Gasteiger partial charge on any atom is -0.469 e. The highest BCUT2D eigenvalue weighted by molar-refractivity contribution is 9.10. The lowest BCUT2D eigenvalue weighted by atomic mass is 10.0. The van der Waals surface area contributed by atoms with Gasteiger partial charge in [0, 0.05) is 17.3 Å². The van der Waals surface area contributed by atoms with Crippen molar-refractivity contribution in [3.05, 3.63) is 56.1 Å². The number of aromatic amines is 1. The number of halogens is 3. The molecule has 0 spiro atoms. The molecule has 0 atom stereocenters. The van der Waals surface area contributed by atoms with Crippen molar-refractivity contribution in [3.63, 3.8) is 0 Å². The summed E-state index contributed by atoms with van der Waals surface area (Å²) in [6.07, 6.45) is 0.758. The lowest BCUT2D eigenvalue weighted by Gasteiger charge is -2.12. The first kappa shape index (κ1) is 21.0. The van der Waals surface area contributed by atoms with Crippen molar-refractivity contribution in [3.8, 4) is 11.5 Å². The summed E-state index contributed by atoms with van der Waals surface area (Å²) in [5.74, 6) is 1.11. The van der Waals surface area contributed by atoms with E-state index in [0.717, 1.165) is 21.1 Å². The van der Waals surface area contributed by atoms with Gasteiger partial charge in [-0.3, -0.25) is 4.79 Å². The average Bonchev–Trinajstić information content (AvgIpc) is 2.97. The molecule has 1 aromatic heterocycles. The molecule has 0 saturated heterocycles. The topological polar surface area (TPSA) is 51.3 Å². The number of hydrogen-bond donors (Lipinski definition) is 1. The molecule has 2 aromatic carbocycles. The quantitative estimate of drug-likeness (QED) is 0.374. The fourth-order valence-electron chi connectivity index (χ4n) is 3.11. The van der Waals surface area contributed by atoms with Crippen LogP contribution in [-0.4, -0.2) is 18.1 Å². The molecule has 0 radical (unpaired) electrons. The van der Waals surface area contributed by atoms with Crippen LogP contribution in [0.5, 0.6) is 11.5 Å². The van der Waals surface area contributed by atoms with E-state index in [1.807, 2.05) is 18.2 Å². The molecule has 0 amide bonds. The zero-order valence-corrected chi connectivity index (χ0v) is 18.8. The van der Waals surface area contributed by atoms with E-state index in [1.54, 1.807) is 12.1 Å². The third-order valence-electron chi connectivity index (χ3n) is 4.46. The van der Waals surface area contributed by atoms with Gasteiger partial charge >= 0.3 is 5.97 Å². The number of esters is 1. The summed E-state index contributed by atoms with van der Waals surface area (Å²) < 4.78 is 11.6. The van der Waals surface area contributed by atoms with E-state index >= 15 is 0 Å². The lowest BCUT2D eigenvalue weighted by Crippen LogP contribution is -2.02. The predicted octanol–water partition coefficient (Wildman–Crippen LogP) is 7.26. The zero-order chi connectivity index (χ0) is 20.4. The zero-order valence-electron chi connectivity index (χ0n) is 15.7. The van der Waals surface area contributed by atoms with E-state index in [0.29, 0.717) is 33.9 Å². The smallest absolute Gasteiger partial charge is 0.305 e. The predicted molar refractivity (Wildman–Crippen MR) is 117 cm³/mol. The third kappa shape index (κ3) is 4.48. The molecule has 3 aromatic rings. The number of rotatable bonds is 6. The number of carbonyl (C=O) groups excluding carboxylic acids is 1. The maximum absolute atomic E-state index is 11.3. The van der Waals surface area contributed by atoms with Crippen molar-refractivity contribution >= 4 is 56.0 Å². The Morgan fingerprint density at radius 1 is 1.18 bits per heavy atom. The van der Waals surface area contributed by atoms with Gasteiger partial charge < -0.3 is 14.5 Å². The molecule has 0 unspecified atom stereocenters. The Hall–Kier alpha value is -1.69. The van der Waals surface area contributed by atoms with Crippen molar-refractivity contribution in [2.45, 2.75) is 32.6 Å². The molecule has 28 heavy (non-hydrogen) atoms. The van der Waals surface area contributed by atoms with Gasteiger partial charge in [0.25, 0.3) is 0 Å². The molecule has 4 nitrogen and oxygen atoms in total. The molecule has 0 bridgehead atoms. The fraction of sp³-hybridized carbons (Fsp3) is 0.286. The molecular weight excluding hydrogens is 465 g/mol. The Bertz CT molecular complexity index is 1010. The monoisotopic (exact) mass is 483 g/mol. The van der Waals surface area contributed by atoms with Crippen molar-refractivity contribution in [1.29, 1.82) is 0 Å². The van der Waals surface area contributed by atoms with Crippen LogP contribution in [0.3, 0.4) is 0 Å². The molecule has 7 heteroatoms. The van der Waals surface area contributed by atoms with Gasteiger partial charge in [0.05, 0.1) is 21.8 Å². The van der Waals surface area contributed by atoms with Gasteiger partial charge in [-0.2, -0.15) is 0 Å². The van der Waals surface area contributed by atoms with Gasteiger partial charge in [0.15, 0.2) is 5.75 Å². The highest BCUT2D eigenvalue weighted by Gasteiger charge is 2.16. The largest absolute Gasteiger partial charge is 0.469 e. The summed E-state index contributed by atoms with van der Waals surface area (Å²) in [4.78, 5) is 14.7. The molecule has 1 N–H and O–H groups in total. The van der Waals surface area contributed by atoms with Crippen LogP contribution in [0.4, 0.5) is 0 Å². The Labute approximate surface area is 182 Å². The lowest BCUT2D eigenvalue weighted by molar-refractivity contribution is -0.140. The van der Waals surface area contributed by atoms with Gasteiger partial charge in [-0.1, -0.05) is 37.0 Å². The number of aromatic nitrogens is 1. The number of aryl methyl sites for hydroxylation is 1. The number of nitrogens with one attached hydrogen (secondary N) is 1. The SMILES string of the molecule is COC(=O)CCc1cc(Cl)c(Oc2ccc3[nH]c(Br)c(C(C)C)c3c2)c(Cl)c1. The highest BCUT2D eigenvalue weighted by Crippen LogP contribution is 2.40. The van der Waals surface area contributed by atoms with Crippen LogP contribution in [0, 0.1) is 0 Å². The normalized spacial score (nSPS) is 11.2. The Balaban J connectivity index is 1.89. The standard InChI is InChI=1S/C21H20BrCl2NO3/c1-11(2)19-14-10-13(5-6-17(14)25-21(19)22)28-20-15(23)8-12(9-16(20)24)4-7-18(26)27-3/h5-6,8-11,25H,4,7H2,1-3H3. The number of methoxy groups -OCH3 is 1. The maximum atomic E-state index is 11.3. The van der Waals surface area contributed by atoms with Crippen LogP contribution in [0.25, 0.3) is 10.9 Å². The average molecular weight is 485 g/mol. The fourth-order valence-corrected chi connectivity index (χ4v) is 4.60. The molecule has 1 heterocycles. The number of hydrogen-bond acceptors (Lipinski definition) is 3. The summed E-state index contributed by atoms with van der Waals surface area (Å²) in [7, 11) is 1.36. The molecule has 0 aliphatic rings. The second-order valence-corrected chi connectivity index (χ2v) is 8.39. The van der Waals surface area contributed by atoms with Crippen LogP contribution in [0.15, 0.2) is 34.9 Å². The minimum absolute atomic E-state index is 0.264. The first-order valence-electron chi connectivity index (χ1n) is 8.83. The van der Waals surface area contributed by atoms with E-state index < -0.39 is 0 Å². The molecular formula is C21H20BrCl2NO3. The number of H-pyrrole nitrogens is 1. The van der Waals surface area contributed by atoms with E-state index in [1.165, 1.54) is 12.7 Å². The third-order valence-corrected chi connectivity index (χ3v) is 5.65. The number of fused-ring (bicyclic) bond motifs is 1. The van der Waals surface area contributed by atoms with Crippen LogP contribution in [-0.2, 0) is 16.0 Å². The molecule has 0 aliphatic carbocycles.